The Labute approximate surface area is 114 Å². The summed E-state index contributed by atoms with van der Waals surface area (Å²) < 4.78 is 0. The van der Waals surface area contributed by atoms with Gasteiger partial charge in [-0.25, -0.2) is 9.97 Å². The van der Waals surface area contributed by atoms with Crippen molar-refractivity contribution < 1.29 is 4.79 Å². The third-order valence-electron chi connectivity index (χ3n) is 3.73. The molecule has 1 amide bonds. The van der Waals surface area contributed by atoms with Crippen LogP contribution in [0, 0.1) is 6.92 Å². The van der Waals surface area contributed by atoms with Gasteiger partial charge in [-0.2, -0.15) is 0 Å². The Morgan fingerprint density at radius 2 is 1.95 bits per heavy atom. The van der Waals surface area contributed by atoms with Gasteiger partial charge >= 0.3 is 0 Å². The van der Waals surface area contributed by atoms with Crippen LogP contribution in [0.3, 0.4) is 0 Å². The van der Waals surface area contributed by atoms with Gasteiger partial charge in [-0.15, -0.1) is 0 Å². The van der Waals surface area contributed by atoms with Crippen molar-refractivity contribution in [1.82, 2.24) is 20.2 Å². The number of carbonyl (C=O) groups is 1. The van der Waals surface area contributed by atoms with Crippen LogP contribution in [0.1, 0.15) is 41.8 Å². The SMILES string of the molecule is Cc1cc(C(=O)N(C)C)nc(C2(C)CCNCC2)n1. The van der Waals surface area contributed by atoms with E-state index >= 15 is 0 Å². The number of piperidine rings is 1. The Kier molecular flexibility index (Phi) is 3.85. The van der Waals surface area contributed by atoms with Gasteiger partial charge < -0.3 is 10.2 Å². The number of hydrogen-bond acceptors (Lipinski definition) is 4. The molecule has 1 fully saturated rings. The van der Waals surface area contributed by atoms with Gasteiger partial charge in [0, 0.05) is 25.2 Å². The summed E-state index contributed by atoms with van der Waals surface area (Å²) >= 11 is 0. The summed E-state index contributed by atoms with van der Waals surface area (Å²) in [5, 5.41) is 3.35. The molecule has 0 unspecified atom stereocenters. The molecule has 0 saturated carbocycles. The lowest BCUT2D eigenvalue weighted by atomic mass is 9.80. The van der Waals surface area contributed by atoms with Crippen molar-refractivity contribution in [1.29, 1.82) is 0 Å². The molecular weight excluding hydrogens is 240 g/mol. The molecule has 104 valence electrons. The molecule has 0 aromatic carbocycles. The summed E-state index contributed by atoms with van der Waals surface area (Å²) in [5.74, 6) is 0.739. The average Bonchev–Trinajstić information content (AvgIpc) is 2.38. The van der Waals surface area contributed by atoms with Gasteiger partial charge in [0.15, 0.2) is 0 Å². The average molecular weight is 262 g/mol. The fourth-order valence-electron chi connectivity index (χ4n) is 2.38. The fraction of sp³-hybridized carbons (Fsp3) is 0.643. The first kappa shape index (κ1) is 13.9. The van der Waals surface area contributed by atoms with Crippen LogP contribution < -0.4 is 5.32 Å². The number of rotatable bonds is 2. The van der Waals surface area contributed by atoms with Gasteiger partial charge in [-0.1, -0.05) is 6.92 Å². The molecule has 19 heavy (non-hydrogen) atoms. The largest absolute Gasteiger partial charge is 0.343 e. The van der Waals surface area contributed by atoms with Crippen molar-refractivity contribution >= 4 is 5.91 Å². The highest BCUT2D eigenvalue weighted by atomic mass is 16.2. The Bertz CT molecular complexity index is 478. The van der Waals surface area contributed by atoms with Crippen LogP contribution >= 0.6 is 0 Å². The second-order valence-electron chi connectivity index (χ2n) is 5.73. The van der Waals surface area contributed by atoms with Gasteiger partial charge in [0.2, 0.25) is 0 Å². The molecular formula is C14H22N4O. The first-order valence-electron chi connectivity index (χ1n) is 6.71. The number of aryl methyl sites for hydroxylation is 1. The van der Waals surface area contributed by atoms with Gasteiger partial charge in [0.25, 0.3) is 5.91 Å². The number of nitrogens with one attached hydrogen (secondary N) is 1. The predicted octanol–water partition coefficient (Wildman–Crippen LogP) is 1.13. The van der Waals surface area contributed by atoms with E-state index in [1.165, 1.54) is 0 Å². The maximum Gasteiger partial charge on any atom is 0.272 e. The molecule has 1 aliphatic heterocycles. The van der Waals surface area contributed by atoms with Crippen LogP contribution in [0.2, 0.25) is 0 Å². The highest BCUT2D eigenvalue weighted by molar-refractivity contribution is 5.92. The molecule has 0 atom stereocenters. The van der Waals surface area contributed by atoms with E-state index in [4.69, 9.17) is 0 Å². The Balaban J connectivity index is 2.38. The highest BCUT2D eigenvalue weighted by Gasteiger charge is 2.32. The summed E-state index contributed by atoms with van der Waals surface area (Å²) in [6, 6.07) is 1.76. The van der Waals surface area contributed by atoms with Crippen molar-refractivity contribution in [3.63, 3.8) is 0 Å². The van der Waals surface area contributed by atoms with Crippen LogP contribution in [-0.4, -0.2) is 48.0 Å². The van der Waals surface area contributed by atoms with Gasteiger partial charge in [-0.05, 0) is 38.9 Å². The Morgan fingerprint density at radius 1 is 1.32 bits per heavy atom. The van der Waals surface area contributed by atoms with Crippen molar-refractivity contribution in [2.45, 2.75) is 32.1 Å². The summed E-state index contributed by atoms with van der Waals surface area (Å²) in [5.41, 5.74) is 1.32. The number of carbonyl (C=O) groups excluding carboxylic acids is 1. The van der Waals surface area contributed by atoms with E-state index in [0.29, 0.717) is 5.69 Å². The van der Waals surface area contributed by atoms with Gasteiger partial charge in [0.1, 0.15) is 11.5 Å². The zero-order chi connectivity index (χ0) is 14.0. The van der Waals surface area contributed by atoms with Crippen LogP contribution in [0.25, 0.3) is 0 Å². The minimum atomic E-state index is -0.0655. The molecule has 0 bridgehead atoms. The van der Waals surface area contributed by atoms with Crippen LogP contribution in [-0.2, 0) is 5.41 Å². The van der Waals surface area contributed by atoms with Gasteiger partial charge in [0.05, 0.1) is 0 Å². The molecule has 0 spiro atoms. The molecule has 1 saturated heterocycles. The number of nitrogens with zero attached hydrogens (tertiary/aromatic N) is 3. The summed E-state index contributed by atoms with van der Waals surface area (Å²) in [4.78, 5) is 22.7. The molecule has 1 aromatic heterocycles. The number of hydrogen-bond donors (Lipinski definition) is 1. The third kappa shape index (κ3) is 2.92. The summed E-state index contributed by atoms with van der Waals surface area (Å²) in [6.45, 7) is 6.06. The lowest BCUT2D eigenvalue weighted by Gasteiger charge is -2.32. The summed E-state index contributed by atoms with van der Waals surface area (Å²) in [7, 11) is 3.48. The quantitative estimate of drug-likeness (QED) is 0.868. The molecule has 0 aliphatic carbocycles. The second-order valence-corrected chi connectivity index (χ2v) is 5.73. The Morgan fingerprint density at radius 3 is 2.53 bits per heavy atom. The third-order valence-corrected chi connectivity index (χ3v) is 3.73. The second kappa shape index (κ2) is 5.25. The van der Waals surface area contributed by atoms with E-state index in [0.717, 1.165) is 37.4 Å². The number of amides is 1. The van der Waals surface area contributed by atoms with Crippen LogP contribution in [0.5, 0.6) is 0 Å². The van der Waals surface area contributed by atoms with E-state index < -0.39 is 0 Å². The normalized spacial score (nSPS) is 18.1. The number of aromatic nitrogens is 2. The highest BCUT2D eigenvalue weighted by Crippen LogP contribution is 2.30. The first-order chi connectivity index (χ1) is 8.92. The van der Waals surface area contributed by atoms with Crippen molar-refractivity contribution in [2.75, 3.05) is 27.2 Å². The van der Waals surface area contributed by atoms with Crippen molar-refractivity contribution in [2.24, 2.45) is 0 Å². The molecule has 2 rings (SSSR count). The molecule has 1 N–H and O–H groups in total. The van der Waals surface area contributed by atoms with Crippen molar-refractivity contribution in [3.05, 3.63) is 23.3 Å². The van der Waals surface area contributed by atoms with E-state index in [1.54, 1.807) is 25.1 Å². The molecule has 1 aliphatic rings. The zero-order valence-corrected chi connectivity index (χ0v) is 12.2. The minimum absolute atomic E-state index is 0.0292. The molecule has 1 aromatic rings. The van der Waals surface area contributed by atoms with E-state index in [9.17, 15) is 4.79 Å². The van der Waals surface area contributed by atoms with E-state index in [-0.39, 0.29) is 11.3 Å². The van der Waals surface area contributed by atoms with Gasteiger partial charge in [-0.3, -0.25) is 4.79 Å². The molecule has 5 heteroatoms. The van der Waals surface area contributed by atoms with Crippen LogP contribution in [0.15, 0.2) is 6.07 Å². The van der Waals surface area contributed by atoms with Crippen LogP contribution in [0.4, 0.5) is 0 Å². The lowest BCUT2D eigenvalue weighted by molar-refractivity contribution is 0.0820. The minimum Gasteiger partial charge on any atom is -0.343 e. The summed E-state index contributed by atoms with van der Waals surface area (Å²) in [6.07, 6.45) is 2.01. The van der Waals surface area contributed by atoms with Crippen molar-refractivity contribution in [3.8, 4) is 0 Å². The first-order valence-corrected chi connectivity index (χ1v) is 6.71. The molecule has 2 heterocycles. The lowest BCUT2D eigenvalue weighted by Crippen LogP contribution is -2.39. The topological polar surface area (TPSA) is 58.1 Å². The standard InChI is InChI=1S/C14H22N4O/c1-10-9-11(12(19)18(3)4)17-13(16-10)14(2)5-7-15-8-6-14/h9,15H,5-8H2,1-4H3. The maximum atomic E-state index is 12.1. The smallest absolute Gasteiger partial charge is 0.272 e. The molecule has 0 radical (unpaired) electrons. The maximum absolute atomic E-state index is 12.1. The molecule has 5 nitrogen and oxygen atoms in total. The monoisotopic (exact) mass is 262 g/mol. The predicted molar refractivity (Wildman–Crippen MR) is 74.2 cm³/mol. The Hall–Kier alpha value is -1.49. The fourth-order valence-corrected chi connectivity index (χ4v) is 2.38. The van der Waals surface area contributed by atoms with E-state index in [2.05, 4.69) is 22.2 Å². The van der Waals surface area contributed by atoms with E-state index in [1.807, 2.05) is 6.92 Å². The zero-order valence-electron chi connectivity index (χ0n) is 12.2.